The molecular formula is C16H19N5O2. The van der Waals surface area contributed by atoms with Crippen molar-refractivity contribution < 1.29 is 9.26 Å². The maximum Gasteiger partial charge on any atom is 0.226 e. The van der Waals surface area contributed by atoms with E-state index in [4.69, 9.17) is 9.26 Å². The Balaban J connectivity index is 1.72. The van der Waals surface area contributed by atoms with Gasteiger partial charge in [-0.3, -0.25) is 5.10 Å². The lowest BCUT2D eigenvalue weighted by Gasteiger charge is -2.12. The third-order valence-corrected chi connectivity index (χ3v) is 3.55. The third kappa shape index (κ3) is 3.33. The number of H-pyrrole nitrogens is 1. The molecule has 0 spiro atoms. The SMILES string of the molecule is CCc1nc(CN(C)c2cc(-c3ccc(OC)cc3)[nH]n2)no1. The molecule has 0 aliphatic heterocycles. The fraction of sp³-hybridized carbons (Fsp3) is 0.312. The van der Waals surface area contributed by atoms with Crippen molar-refractivity contribution in [1.82, 2.24) is 20.3 Å². The predicted molar refractivity (Wildman–Crippen MR) is 86.4 cm³/mol. The number of hydrogen-bond acceptors (Lipinski definition) is 6. The van der Waals surface area contributed by atoms with Crippen LogP contribution in [-0.2, 0) is 13.0 Å². The van der Waals surface area contributed by atoms with Gasteiger partial charge in [0.15, 0.2) is 11.6 Å². The minimum absolute atomic E-state index is 0.538. The minimum Gasteiger partial charge on any atom is -0.497 e. The van der Waals surface area contributed by atoms with Crippen LogP contribution in [0.2, 0.25) is 0 Å². The summed E-state index contributed by atoms with van der Waals surface area (Å²) in [5, 5.41) is 11.3. The van der Waals surface area contributed by atoms with Gasteiger partial charge in [-0.15, -0.1) is 0 Å². The van der Waals surface area contributed by atoms with Gasteiger partial charge in [0.05, 0.1) is 19.3 Å². The highest BCUT2D eigenvalue weighted by Gasteiger charge is 2.12. The monoisotopic (exact) mass is 313 g/mol. The molecule has 0 fully saturated rings. The molecule has 2 heterocycles. The van der Waals surface area contributed by atoms with Crippen LogP contribution in [0.1, 0.15) is 18.6 Å². The summed E-state index contributed by atoms with van der Waals surface area (Å²) in [5.41, 5.74) is 1.99. The molecule has 2 aromatic heterocycles. The molecule has 0 bridgehead atoms. The Kier molecular flexibility index (Phi) is 4.27. The Morgan fingerprint density at radius 3 is 2.70 bits per heavy atom. The highest BCUT2D eigenvalue weighted by atomic mass is 16.5. The molecular weight excluding hydrogens is 294 g/mol. The van der Waals surface area contributed by atoms with Crippen LogP contribution in [-0.4, -0.2) is 34.5 Å². The van der Waals surface area contributed by atoms with E-state index in [1.165, 1.54) is 0 Å². The van der Waals surface area contributed by atoms with E-state index in [9.17, 15) is 0 Å². The molecule has 7 heteroatoms. The molecule has 0 amide bonds. The van der Waals surface area contributed by atoms with Gasteiger partial charge in [-0.05, 0) is 29.8 Å². The number of hydrogen-bond donors (Lipinski definition) is 1. The molecule has 7 nitrogen and oxygen atoms in total. The molecule has 0 aliphatic carbocycles. The quantitative estimate of drug-likeness (QED) is 0.753. The van der Waals surface area contributed by atoms with Gasteiger partial charge in [0.25, 0.3) is 0 Å². The number of methoxy groups -OCH3 is 1. The van der Waals surface area contributed by atoms with E-state index in [2.05, 4.69) is 20.3 Å². The fourth-order valence-electron chi connectivity index (χ4n) is 2.22. The third-order valence-electron chi connectivity index (χ3n) is 3.55. The number of rotatable bonds is 6. The highest BCUT2D eigenvalue weighted by molar-refractivity contribution is 5.63. The first kappa shape index (κ1) is 15.1. The molecule has 0 radical (unpaired) electrons. The first-order chi connectivity index (χ1) is 11.2. The Hall–Kier alpha value is -2.83. The number of aromatic amines is 1. The fourth-order valence-corrected chi connectivity index (χ4v) is 2.22. The average Bonchev–Trinajstić information content (AvgIpc) is 3.24. The second kappa shape index (κ2) is 6.51. The Morgan fingerprint density at radius 1 is 1.26 bits per heavy atom. The molecule has 3 aromatic rings. The molecule has 1 N–H and O–H groups in total. The second-order valence-corrected chi connectivity index (χ2v) is 5.18. The van der Waals surface area contributed by atoms with Gasteiger partial charge in [-0.1, -0.05) is 12.1 Å². The molecule has 120 valence electrons. The van der Waals surface area contributed by atoms with E-state index < -0.39 is 0 Å². The van der Waals surface area contributed by atoms with E-state index >= 15 is 0 Å². The summed E-state index contributed by atoms with van der Waals surface area (Å²) in [4.78, 5) is 6.27. The number of ether oxygens (including phenoxy) is 1. The average molecular weight is 313 g/mol. The maximum atomic E-state index is 5.17. The summed E-state index contributed by atoms with van der Waals surface area (Å²) < 4.78 is 10.3. The zero-order valence-electron chi connectivity index (χ0n) is 13.4. The van der Waals surface area contributed by atoms with E-state index in [-0.39, 0.29) is 0 Å². The van der Waals surface area contributed by atoms with Crippen LogP contribution < -0.4 is 9.64 Å². The van der Waals surface area contributed by atoms with Crippen molar-refractivity contribution in [3.8, 4) is 17.0 Å². The summed E-state index contributed by atoms with van der Waals surface area (Å²) >= 11 is 0. The van der Waals surface area contributed by atoms with Crippen LogP contribution in [0.5, 0.6) is 5.75 Å². The van der Waals surface area contributed by atoms with Crippen LogP contribution in [0.15, 0.2) is 34.9 Å². The van der Waals surface area contributed by atoms with Gasteiger partial charge >= 0.3 is 0 Å². The Labute approximate surface area is 134 Å². The van der Waals surface area contributed by atoms with Crippen molar-refractivity contribution in [1.29, 1.82) is 0 Å². The van der Waals surface area contributed by atoms with Crippen LogP contribution >= 0.6 is 0 Å². The largest absolute Gasteiger partial charge is 0.497 e. The van der Waals surface area contributed by atoms with Crippen molar-refractivity contribution in [2.45, 2.75) is 19.9 Å². The number of aromatic nitrogens is 4. The standard InChI is InChI=1S/C16H19N5O2/c1-4-16-17-14(20-23-16)10-21(2)15-9-13(18-19-15)11-5-7-12(22-3)8-6-11/h5-9H,4,10H2,1-3H3,(H,18,19). The number of nitrogens with zero attached hydrogens (tertiary/aromatic N) is 4. The van der Waals surface area contributed by atoms with Gasteiger partial charge in [0, 0.05) is 19.5 Å². The van der Waals surface area contributed by atoms with Crippen molar-refractivity contribution in [2.24, 2.45) is 0 Å². The normalized spacial score (nSPS) is 10.7. The number of aryl methyl sites for hydroxylation is 1. The van der Waals surface area contributed by atoms with Gasteiger partial charge < -0.3 is 14.2 Å². The van der Waals surface area contributed by atoms with Gasteiger partial charge in [-0.2, -0.15) is 10.1 Å². The van der Waals surface area contributed by atoms with E-state index in [1.807, 2.05) is 49.2 Å². The summed E-state index contributed by atoms with van der Waals surface area (Å²) in [6.45, 7) is 2.52. The summed E-state index contributed by atoms with van der Waals surface area (Å²) in [5.74, 6) is 2.95. The molecule has 0 unspecified atom stereocenters. The topological polar surface area (TPSA) is 80.1 Å². The van der Waals surface area contributed by atoms with Crippen molar-refractivity contribution in [3.63, 3.8) is 0 Å². The summed E-state index contributed by atoms with van der Waals surface area (Å²) in [6.07, 6.45) is 0.737. The lowest BCUT2D eigenvalue weighted by atomic mass is 10.1. The lowest BCUT2D eigenvalue weighted by molar-refractivity contribution is 0.376. The number of anilines is 1. The van der Waals surface area contributed by atoms with Gasteiger partial charge in [-0.25, -0.2) is 0 Å². The van der Waals surface area contributed by atoms with Crippen LogP contribution in [0.25, 0.3) is 11.3 Å². The second-order valence-electron chi connectivity index (χ2n) is 5.18. The highest BCUT2D eigenvalue weighted by Crippen LogP contribution is 2.24. The van der Waals surface area contributed by atoms with E-state index in [1.54, 1.807) is 7.11 Å². The van der Waals surface area contributed by atoms with Crippen LogP contribution in [0.4, 0.5) is 5.82 Å². The van der Waals surface area contributed by atoms with Crippen molar-refractivity contribution in [3.05, 3.63) is 42.0 Å². The first-order valence-corrected chi connectivity index (χ1v) is 7.42. The van der Waals surface area contributed by atoms with Gasteiger partial charge in [0.1, 0.15) is 5.75 Å². The molecule has 0 saturated heterocycles. The molecule has 1 aromatic carbocycles. The van der Waals surface area contributed by atoms with E-state index in [0.717, 1.165) is 29.2 Å². The lowest BCUT2D eigenvalue weighted by Crippen LogP contribution is -2.17. The minimum atomic E-state index is 0.538. The molecule has 23 heavy (non-hydrogen) atoms. The van der Waals surface area contributed by atoms with E-state index in [0.29, 0.717) is 18.3 Å². The van der Waals surface area contributed by atoms with Crippen LogP contribution in [0, 0.1) is 0 Å². The zero-order valence-corrected chi connectivity index (χ0v) is 13.4. The van der Waals surface area contributed by atoms with Crippen molar-refractivity contribution >= 4 is 5.82 Å². The predicted octanol–water partition coefficient (Wildman–Crippen LogP) is 2.67. The molecule has 0 saturated carbocycles. The number of nitrogens with one attached hydrogen (secondary N) is 1. The molecule has 3 rings (SSSR count). The zero-order chi connectivity index (χ0) is 16.2. The summed E-state index contributed by atoms with van der Waals surface area (Å²) in [7, 11) is 3.59. The molecule has 0 aliphatic rings. The van der Waals surface area contributed by atoms with Crippen LogP contribution in [0.3, 0.4) is 0 Å². The van der Waals surface area contributed by atoms with Crippen molar-refractivity contribution in [2.75, 3.05) is 19.1 Å². The first-order valence-electron chi connectivity index (χ1n) is 7.42. The Morgan fingerprint density at radius 2 is 2.04 bits per heavy atom. The number of benzene rings is 1. The smallest absolute Gasteiger partial charge is 0.226 e. The molecule has 0 atom stereocenters. The Bertz CT molecular complexity index is 763. The van der Waals surface area contributed by atoms with Gasteiger partial charge in [0.2, 0.25) is 5.89 Å². The summed E-state index contributed by atoms with van der Waals surface area (Å²) in [6, 6.07) is 9.81. The maximum absolute atomic E-state index is 5.17.